The summed E-state index contributed by atoms with van der Waals surface area (Å²) in [6.07, 6.45) is 2.50. The minimum atomic E-state index is -4.06. The van der Waals surface area contributed by atoms with E-state index in [1.807, 2.05) is 0 Å². The largest absolute Gasteiger partial charge is 0.397 e. The van der Waals surface area contributed by atoms with E-state index in [4.69, 9.17) is 29.3 Å². The summed E-state index contributed by atoms with van der Waals surface area (Å²) < 4.78 is 38.8. The first-order chi connectivity index (χ1) is 10.7. The fraction of sp³-hybridized carbons (Fsp3) is 1.00. The molecule has 0 aromatic carbocycles. The van der Waals surface area contributed by atoms with Crippen LogP contribution < -0.4 is 0 Å². The van der Waals surface area contributed by atoms with Crippen molar-refractivity contribution >= 4 is 10.1 Å². The van der Waals surface area contributed by atoms with Crippen LogP contribution in [0.5, 0.6) is 0 Å². The van der Waals surface area contributed by atoms with E-state index in [9.17, 15) is 8.42 Å². The molecule has 0 bridgehead atoms. The van der Waals surface area contributed by atoms with Crippen molar-refractivity contribution in [1.82, 2.24) is 0 Å². The van der Waals surface area contributed by atoms with E-state index in [-0.39, 0.29) is 19.8 Å². The Hall–Kier alpha value is -0.290. The maximum Gasteiger partial charge on any atom is 0.289 e. The Kier molecular flexibility index (Phi) is 35.4. The van der Waals surface area contributed by atoms with Crippen LogP contribution in [0, 0.1) is 0 Å². The van der Waals surface area contributed by atoms with E-state index in [0.717, 1.165) is 19.3 Å². The van der Waals surface area contributed by atoms with Gasteiger partial charge in [-0.05, 0) is 34.1 Å². The van der Waals surface area contributed by atoms with E-state index in [1.165, 1.54) is 0 Å². The molecule has 0 rings (SSSR count). The monoisotopic (exact) mass is 364 g/mol. The van der Waals surface area contributed by atoms with E-state index in [0.29, 0.717) is 6.61 Å². The van der Waals surface area contributed by atoms with E-state index in [1.54, 1.807) is 27.7 Å². The molecule has 0 aromatic heterocycles. The number of aliphatic hydroxyl groups is 3. The third kappa shape index (κ3) is 61.5. The molecule has 0 aliphatic heterocycles. The van der Waals surface area contributed by atoms with Gasteiger partial charge in [-0.25, -0.2) is 0 Å². The Morgan fingerprint density at radius 1 is 0.870 bits per heavy atom. The fourth-order valence-electron chi connectivity index (χ4n) is 0.831. The van der Waals surface area contributed by atoms with Gasteiger partial charge in [0.05, 0.1) is 0 Å². The quantitative estimate of drug-likeness (QED) is 0.288. The number of ether oxygens (including phenoxy) is 2. The Labute approximate surface area is 141 Å². The zero-order valence-corrected chi connectivity index (χ0v) is 15.9. The zero-order valence-electron chi connectivity index (χ0n) is 15.1. The van der Waals surface area contributed by atoms with Crippen LogP contribution in [0.25, 0.3) is 0 Å². The highest BCUT2D eigenvalue weighted by Crippen LogP contribution is 2.00. The minimum absolute atomic E-state index is 0.250. The summed E-state index contributed by atoms with van der Waals surface area (Å²) >= 11 is 0. The van der Waals surface area contributed by atoms with Crippen molar-refractivity contribution in [2.45, 2.75) is 60.2 Å². The van der Waals surface area contributed by atoms with Crippen LogP contribution in [0.4, 0.5) is 0 Å². The van der Waals surface area contributed by atoms with Crippen molar-refractivity contribution in [2.75, 3.05) is 32.4 Å². The molecule has 0 aliphatic carbocycles. The lowest BCUT2D eigenvalue weighted by atomic mass is 10.3. The van der Waals surface area contributed by atoms with Gasteiger partial charge in [-0.3, -0.25) is 4.55 Å². The van der Waals surface area contributed by atoms with Gasteiger partial charge in [-0.2, -0.15) is 8.42 Å². The summed E-state index contributed by atoms with van der Waals surface area (Å²) in [7, 11) is -4.06. The number of rotatable bonds is 8. The topological polar surface area (TPSA) is 134 Å². The number of hydrogen-bond acceptors (Lipinski definition) is 7. The zero-order chi connectivity index (χ0) is 19.1. The molecule has 0 aliphatic rings. The Morgan fingerprint density at radius 3 is 1.57 bits per heavy atom. The molecule has 0 saturated heterocycles. The second-order valence-corrected chi connectivity index (χ2v) is 5.36. The molecule has 0 radical (unpaired) electrons. The number of unbranched alkanes of at least 4 members (excludes halogenated alkanes) is 2. The van der Waals surface area contributed by atoms with Gasteiger partial charge in [0.2, 0.25) is 0 Å². The average Bonchev–Trinajstić information content (AvgIpc) is 2.43. The first-order valence-corrected chi connectivity index (χ1v) is 9.32. The minimum Gasteiger partial charge on any atom is -0.397 e. The Balaban J connectivity index is -0.000000166. The molecule has 4 N–H and O–H groups in total. The summed E-state index contributed by atoms with van der Waals surface area (Å²) in [6.45, 7) is 10.0. The van der Waals surface area contributed by atoms with E-state index < -0.39 is 22.3 Å². The van der Waals surface area contributed by atoms with Crippen molar-refractivity contribution < 1.29 is 37.8 Å². The SMILES string of the molecule is CCCCCOC(C)OCS(=O)(=O)O.CCO.CCO.CCO. The van der Waals surface area contributed by atoms with Gasteiger partial charge < -0.3 is 24.8 Å². The fourth-order valence-corrected chi connectivity index (χ4v) is 1.19. The molecule has 8 nitrogen and oxygen atoms in total. The maximum atomic E-state index is 10.3. The molecular weight excluding hydrogens is 328 g/mol. The molecular formula is C14H36O8S. The molecule has 0 amide bonds. The van der Waals surface area contributed by atoms with Gasteiger partial charge >= 0.3 is 0 Å². The Bertz CT molecular complexity index is 265. The molecule has 0 heterocycles. The second kappa shape index (κ2) is 26.6. The van der Waals surface area contributed by atoms with Gasteiger partial charge in [-0.1, -0.05) is 19.8 Å². The summed E-state index contributed by atoms with van der Waals surface area (Å²) in [5.74, 6) is -0.720. The smallest absolute Gasteiger partial charge is 0.289 e. The highest BCUT2D eigenvalue weighted by molar-refractivity contribution is 7.85. The van der Waals surface area contributed by atoms with Crippen LogP contribution in [0.1, 0.15) is 53.9 Å². The summed E-state index contributed by atoms with van der Waals surface area (Å²) in [6, 6.07) is 0. The summed E-state index contributed by atoms with van der Waals surface area (Å²) in [5.41, 5.74) is 0. The lowest BCUT2D eigenvalue weighted by Gasteiger charge is -2.12. The van der Waals surface area contributed by atoms with Crippen molar-refractivity contribution in [3.05, 3.63) is 0 Å². The predicted molar refractivity (Wildman–Crippen MR) is 90.7 cm³/mol. The van der Waals surface area contributed by atoms with Gasteiger partial charge in [-0.15, -0.1) is 0 Å². The summed E-state index contributed by atoms with van der Waals surface area (Å²) in [5, 5.41) is 22.7. The Morgan fingerprint density at radius 2 is 1.26 bits per heavy atom. The first-order valence-electron chi connectivity index (χ1n) is 7.71. The van der Waals surface area contributed by atoms with Crippen LogP contribution in [-0.4, -0.2) is 66.9 Å². The lowest BCUT2D eigenvalue weighted by molar-refractivity contribution is -0.118. The normalized spacial score (nSPS) is 11.0. The molecule has 0 fully saturated rings. The van der Waals surface area contributed by atoms with Crippen LogP contribution in [0.3, 0.4) is 0 Å². The molecule has 1 unspecified atom stereocenters. The maximum absolute atomic E-state index is 10.3. The number of hydrogen-bond donors (Lipinski definition) is 4. The van der Waals surface area contributed by atoms with Gasteiger partial charge in [0.15, 0.2) is 12.2 Å². The van der Waals surface area contributed by atoms with Gasteiger partial charge in [0.25, 0.3) is 10.1 Å². The average molecular weight is 365 g/mol. The standard InChI is InChI=1S/C8H18O5S.3C2H6O/c1-3-4-5-6-12-8(2)13-7-14(9,10)11;3*1-2-3/h8H,3-7H2,1-2H3,(H,9,10,11);3*3H,2H2,1H3. The van der Waals surface area contributed by atoms with Gasteiger partial charge in [0.1, 0.15) is 0 Å². The highest BCUT2D eigenvalue weighted by atomic mass is 32.2. The number of aliphatic hydroxyl groups excluding tert-OH is 3. The van der Waals surface area contributed by atoms with E-state index in [2.05, 4.69) is 6.92 Å². The van der Waals surface area contributed by atoms with Crippen molar-refractivity contribution in [2.24, 2.45) is 0 Å². The first kappa shape index (κ1) is 30.6. The van der Waals surface area contributed by atoms with Crippen molar-refractivity contribution in [3.8, 4) is 0 Å². The van der Waals surface area contributed by atoms with Crippen LogP contribution >= 0.6 is 0 Å². The highest BCUT2D eigenvalue weighted by Gasteiger charge is 2.08. The summed E-state index contributed by atoms with van der Waals surface area (Å²) in [4.78, 5) is 0. The van der Waals surface area contributed by atoms with Crippen LogP contribution in [0.2, 0.25) is 0 Å². The molecule has 0 saturated carbocycles. The molecule has 1 atom stereocenters. The lowest BCUT2D eigenvalue weighted by Crippen LogP contribution is -2.18. The molecule has 146 valence electrons. The van der Waals surface area contributed by atoms with Crippen LogP contribution in [-0.2, 0) is 19.6 Å². The molecule has 23 heavy (non-hydrogen) atoms. The van der Waals surface area contributed by atoms with Crippen LogP contribution in [0.15, 0.2) is 0 Å². The van der Waals surface area contributed by atoms with Crippen molar-refractivity contribution in [3.63, 3.8) is 0 Å². The second-order valence-electron chi connectivity index (χ2n) is 3.96. The molecule has 9 heteroatoms. The molecule has 0 aromatic rings. The van der Waals surface area contributed by atoms with Gasteiger partial charge in [0, 0.05) is 26.4 Å². The predicted octanol–water partition coefficient (Wildman–Crippen LogP) is 1.40. The van der Waals surface area contributed by atoms with Crippen molar-refractivity contribution in [1.29, 1.82) is 0 Å². The third-order valence-corrected chi connectivity index (χ3v) is 1.99. The third-order valence-electron chi connectivity index (χ3n) is 1.55. The molecule has 0 spiro atoms. The van der Waals surface area contributed by atoms with E-state index >= 15 is 0 Å².